The summed E-state index contributed by atoms with van der Waals surface area (Å²) in [5.41, 5.74) is 2.54. The molecule has 0 saturated carbocycles. The van der Waals surface area contributed by atoms with Crippen LogP contribution in [0.3, 0.4) is 0 Å². The summed E-state index contributed by atoms with van der Waals surface area (Å²) in [4.78, 5) is 0. The first-order valence-electron chi connectivity index (χ1n) is 5.90. The molecule has 0 radical (unpaired) electrons. The van der Waals surface area contributed by atoms with E-state index in [1.807, 2.05) is 0 Å². The van der Waals surface area contributed by atoms with Gasteiger partial charge in [0.25, 0.3) is 0 Å². The van der Waals surface area contributed by atoms with Crippen LogP contribution in [0, 0.1) is 3.57 Å². The molecule has 0 bridgehead atoms. The third kappa shape index (κ3) is 4.28. The molecule has 1 atom stereocenters. The van der Waals surface area contributed by atoms with Gasteiger partial charge < -0.3 is 5.32 Å². The molecule has 1 N–H and O–H groups in total. The van der Waals surface area contributed by atoms with Crippen molar-refractivity contribution in [3.63, 3.8) is 0 Å². The average Bonchev–Trinajstić information content (AvgIpc) is 2.32. The van der Waals surface area contributed by atoms with Gasteiger partial charge in [-0.25, -0.2) is 0 Å². The number of nitrogens with one attached hydrogen (secondary N) is 1. The zero-order valence-electron chi connectivity index (χ0n) is 10.2. The van der Waals surface area contributed by atoms with Gasteiger partial charge in [-0.15, -0.1) is 0 Å². The minimum absolute atomic E-state index is 0.421. The van der Waals surface area contributed by atoms with E-state index in [1.165, 1.54) is 14.8 Å². The van der Waals surface area contributed by atoms with E-state index in [0.29, 0.717) is 6.04 Å². The van der Waals surface area contributed by atoms with E-state index >= 15 is 0 Å². The molecule has 1 unspecified atom stereocenters. The molecule has 0 spiro atoms. The zero-order valence-corrected chi connectivity index (χ0v) is 13.9. The van der Waals surface area contributed by atoms with Crippen LogP contribution in [0.1, 0.15) is 12.5 Å². The van der Waals surface area contributed by atoms with E-state index in [0.717, 1.165) is 10.9 Å². The maximum atomic E-state index is 3.53. The highest BCUT2D eigenvalue weighted by molar-refractivity contribution is 14.1. The molecule has 2 aromatic rings. The molecule has 94 valence electrons. The molecule has 0 fully saturated rings. The van der Waals surface area contributed by atoms with Crippen LogP contribution in [0.15, 0.2) is 53.0 Å². The SMILES string of the molecule is CC(Cc1ccc(Br)cc1)Nc1cccc(I)c1. The van der Waals surface area contributed by atoms with Crippen molar-refractivity contribution in [2.75, 3.05) is 5.32 Å². The van der Waals surface area contributed by atoms with Crippen molar-refractivity contribution >= 4 is 44.2 Å². The van der Waals surface area contributed by atoms with Crippen molar-refractivity contribution in [1.29, 1.82) is 0 Å². The Morgan fingerprint density at radius 1 is 1.17 bits per heavy atom. The second-order valence-electron chi connectivity index (χ2n) is 4.39. The molecule has 2 rings (SSSR count). The topological polar surface area (TPSA) is 12.0 Å². The van der Waals surface area contributed by atoms with E-state index in [-0.39, 0.29) is 0 Å². The van der Waals surface area contributed by atoms with Gasteiger partial charge in [-0.05, 0) is 71.8 Å². The Labute approximate surface area is 130 Å². The summed E-state index contributed by atoms with van der Waals surface area (Å²) in [5, 5.41) is 3.53. The lowest BCUT2D eigenvalue weighted by Crippen LogP contribution is -2.18. The minimum atomic E-state index is 0.421. The Kier molecular flexibility index (Phi) is 5.06. The van der Waals surface area contributed by atoms with Gasteiger partial charge >= 0.3 is 0 Å². The van der Waals surface area contributed by atoms with Crippen LogP contribution in [-0.2, 0) is 6.42 Å². The third-order valence-electron chi connectivity index (χ3n) is 2.69. The van der Waals surface area contributed by atoms with Gasteiger partial charge in [0.05, 0.1) is 0 Å². The van der Waals surface area contributed by atoms with Crippen molar-refractivity contribution in [3.05, 3.63) is 62.1 Å². The molecular weight excluding hydrogens is 401 g/mol. The van der Waals surface area contributed by atoms with Gasteiger partial charge in [0, 0.05) is 19.8 Å². The quantitative estimate of drug-likeness (QED) is 0.685. The van der Waals surface area contributed by atoms with E-state index in [4.69, 9.17) is 0 Å². The van der Waals surface area contributed by atoms with Crippen molar-refractivity contribution < 1.29 is 0 Å². The lowest BCUT2D eigenvalue weighted by atomic mass is 10.1. The van der Waals surface area contributed by atoms with Crippen LogP contribution >= 0.6 is 38.5 Å². The minimum Gasteiger partial charge on any atom is -0.382 e. The van der Waals surface area contributed by atoms with Crippen LogP contribution in [0.2, 0.25) is 0 Å². The maximum Gasteiger partial charge on any atom is 0.0352 e. The van der Waals surface area contributed by atoms with Crippen LogP contribution < -0.4 is 5.32 Å². The molecule has 0 aliphatic heterocycles. The first-order chi connectivity index (χ1) is 8.63. The summed E-state index contributed by atoms with van der Waals surface area (Å²) in [6, 6.07) is 17.4. The molecule has 0 amide bonds. The maximum absolute atomic E-state index is 3.53. The Bertz CT molecular complexity index is 510. The van der Waals surface area contributed by atoms with E-state index in [9.17, 15) is 0 Å². The van der Waals surface area contributed by atoms with Crippen LogP contribution in [-0.4, -0.2) is 6.04 Å². The molecule has 1 nitrogen and oxygen atoms in total. The number of halogens is 2. The summed E-state index contributed by atoms with van der Waals surface area (Å²) in [6.45, 7) is 2.21. The Hall–Kier alpha value is -0.550. The summed E-state index contributed by atoms with van der Waals surface area (Å²) >= 11 is 5.79. The van der Waals surface area contributed by atoms with Crippen molar-refractivity contribution in [2.24, 2.45) is 0 Å². The van der Waals surface area contributed by atoms with Gasteiger partial charge in [-0.2, -0.15) is 0 Å². The summed E-state index contributed by atoms with van der Waals surface area (Å²) in [5.74, 6) is 0. The van der Waals surface area contributed by atoms with Gasteiger partial charge in [-0.3, -0.25) is 0 Å². The molecule has 18 heavy (non-hydrogen) atoms. The fourth-order valence-corrected chi connectivity index (χ4v) is 2.70. The number of hydrogen-bond acceptors (Lipinski definition) is 1. The second kappa shape index (κ2) is 6.57. The number of hydrogen-bond donors (Lipinski definition) is 1. The van der Waals surface area contributed by atoms with Crippen molar-refractivity contribution in [1.82, 2.24) is 0 Å². The Balaban J connectivity index is 1.96. The highest BCUT2D eigenvalue weighted by Crippen LogP contribution is 2.16. The van der Waals surface area contributed by atoms with Crippen LogP contribution in [0.4, 0.5) is 5.69 Å². The number of anilines is 1. The van der Waals surface area contributed by atoms with Crippen LogP contribution in [0.5, 0.6) is 0 Å². The van der Waals surface area contributed by atoms with Gasteiger partial charge in [-0.1, -0.05) is 34.1 Å². The second-order valence-corrected chi connectivity index (χ2v) is 6.55. The molecule has 0 saturated heterocycles. The highest BCUT2D eigenvalue weighted by Gasteiger charge is 2.03. The Morgan fingerprint density at radius 3 is 2.56 bits per heavy atom. The summed E-state index contributed by atoms with van der Waals surface area (Å²) < 4.78 is 2.39. The molecule has 3 heteroatoms. The molecule has 0 aliphatic rings. The van der Waals surface area contributed by atoms with E-state index < -0.39 is 0 Å². The number of benzene rings is 2. The molecular formula is C15H15BrIN. The predicted molar refractivity (Wildman–Crippen MR) is 90.1 cm³/mol. The zero-order chi connectivity index (χ0) is 13.0. The van der Waals surface area contributed by atoms with Crippen molar-refractivity contribution in [3.8, 4) is 0 Å². The van der Waals surface area contributed by atoms with Gasteiger partial charge in [0.2, 0.25) is 0 Å². The fourth-order valence-electron chi connectivity index (χ4n) is 1.89. The number of rotatable bonds is 4. The largest absolute Gasteiger partial charge is 0.382 e. The van der Waals surface area contributed by atoms with E-state index in [2.05, 4.69) is 99.3 Å². The monoisotopic (exact) mass is 415 g/mol. The third-order valence-corrected chi connectivity index (χ3v) is 3.89. The lowest BCUT2D eigenvalue weighted by molar-refractivity contribution is 0.790. The average molecular weight is 416 g/mol. The van der Waals surface area contributed by atoms with Crippen LogP contribution in [0.25, 0.3) is 0 Å². The summed E-state index contributed by atoms with van der Waals surface area (Å²) in [7, 11) is 0. The molecule has 2 aromatic carbocycles. The first-order valence-corrected chi connectivity index (χ1v) is 7.77. The smallest absolute Gasteiger partial charge is 0.0352 e. The fraction of sp³-hybridized carbons (Fsp3) is 0.200. The predicted octanol–water partition coefficient (Wildman–Crippen LogP) is 5.10. The molecule has 0 aromatic heterocycles. The summed E-state index contributed by atoms with van der Waals surface area (Å²) in [6.07, 6.45) is 1.03. The first kappa shape index (κ1) is 13.9. The molecule has 0 aliphatic carbocycles. The van der Waals surface area contributed by atoms with Gasteiger partial charge in [0.1, 0.15) is 0 Å². The lowest BCUT2D eigenvalue weighted by Gasteiger charge is -2.15. The molecule has 0 heterocycles. The normalized spacial score (nSPS) is 12.2. The van der Waals surface area contributed by atoms with Gasteiger partial charge in [0.15, 0.2) is 0 Å². The highest BCUT2D eigenvalue weighted by atomic mass is 127. The van der Waals surface area contributed by atoms with Crippen molar-refractivity contribution in [2.45, 2.75) is 19.4 Å². The van der Waals surface area contributed by atoms with E-state index in [1.54, 1.807) is 0 Å². The Morgan fingerprint density at radius 2 is 1.89 bits per heavy atom. The standard InChI is InChI=1S/C15H15BrIN/c1-11(9-12-5-7-13(16)8-6-12)18-15-4-2-3-14(17)10-15/h2-8,10-11,18H,9H2,1H3.